The van der Waals surface area contributed by atoms with Crippen molar-refractivity contribution in [2.24, 2.45) is 0 Å². The SMILES string of the molecule is O=C(O)c1ccc(/C=C/C(=O)c2ccc(S(=O)(=O)N3CCCC3)cc2)cc1. The van der Waals surface area contributed by atoms with E-state index in [0.29, 0.717) is 24.2 Å². The largest absolute Gasteiger partial charge is 0.478 e. The Labute approximate surface area is 157 Å². The lowest BCUT2D eigenvalue weighted by Gasteiger charge is -2.15. The first-order valence-electron chi connectivity index (χ1n) is 8.54. The molecule has 2 aromatic carbocycles. The van der Waals surface area contributed by atoms with E-state index in [2.05, 4.69) is 0 Å². The van der Waals surface area contributed by atoms with Gasteiger partial charge in [-0.05, 0) is 60.9 Å². The Morgan fingerprint density at radius 3 is 2.00 bits per heavy atom. The van der Waals surface area contributed by atoms with Crippen molar-refractivity contribution in [3.63, 3.8) is 0 Å². The van der Waals surface area contributed by atoms with Gasteiger partial charge >= 0.3 is 5.97 Å². The van der Waals surface area contributed by atoms with Gasteiger partial charge in [-0.1, -0.05) is 18.2 Å². The number of carbonyl (C=O) groups is 2. The van der Waals surface area contributed by atoms with Crippen LogP contribution in [0.15, 0.2) is 59.5 Å². The summed E-state index contributed by atoms with van der Waals surface area (Å²) in [6, 6.07) is 12.1. The lowest BCUT2D eigenvalue weighted by Crippen LogP contribution is -2.27. The molecule has 2 aromatic rings. The summed E-state index contributed by atoms with van der Waals surface area (Å²) in [7, 11) is -3.49. The minimum Gasteiger partial charge on any atom is -0.478 e. The van der Waals surface area contributed by atoms with Gasteiger partial charge < -0.3 is 5.11 Å². The molecule has 1 heterocycles. The number of nitrogens with zero attached hydrogens (tertiary/aromatic N) is 1. The topological polar surface area (TPSA) is 91.7 Å². The van der Waals surface area contributed by atoms with Crippen LogP contribution in [0.5, 0.6) is 0 Å². The summed E-state index contributed by atoms with van der Waals surface area (Å²) < 4.78 is 26.4. The van der Waals surface area contributed by atoms with Gasteiger partial charge in [0.2, 0.25) is 10.0 Å². The first-order chi connectivity index (χ1) is 12.9. The zero-order valence-electron chi connectivity index (χ0n) is 14.5. The molecule has 0 aromatic heterocycles. The maximum absolute atomic E-state index is 12.5. The molecular weight excluding hydrogens is 366 g/mol. The van der Waals surface area contributed by atoms with E-state index in [1.807, 2.05) is 0 Å². The van der Waals surface area contributed by atoms with E-state index in [1.54, 1.807) is 18.2 Å². The minimum absolute atomic E-state index is 0.174. The average molecular weight is 385 g/mol. The van der Waals surface area contributed by atoms with Crippen LogP contribution in [-0.2, 0) is 10.0 Å². The standard InChI is InChI=1S/C20H19NO5S/c22-19(12-5-15-3-6-17(7-4-15)20(23)24)16-8-10-18(11-9-16)27(25,26)21-13-1-2-14-21/h3-12H,1-2,13-14H2,(H,23,24)/b12-5+. The highest BCUT2D eigenvalue weighted by Crippen LogP contribution is 2.21. The molecular formula is C20H19NO5S. The van der Waals surface area contributed by atoms with E-state index in [4.69, 9.17) is 5.11 Å². The van der Waals surface area contributed by atoms with Crippen LogP contribution < -0.4 is 0 Å². The molecule has 0 radical (unpaired) electrons. The monoisotopic (exact) mass is 385 g/mol. The number of carboxylic acid groups (broad SMARTS) is 1. The van der Waals surface area contributed by atoms with Gasteiger partial charge in [-0.2, -0.15) is 4.31 Å². The second-order valence-electron chi connectivity index (χ2n) is 6.26. The zero-order valence-corrected chi connectivity index (χ0v) is 15.4. The molecule has 0 saturated carbocycles. The molecule has 0 spiro atoms. The second kappa shape index (κ2) is 7.85. The molecule has 1 aliphatic heterocycles. The first-order valence-corrected chi connectivity index (χ1v) is 9.98. The van der Waals surface area contributed by atoms with Gasteiger partial charge in [-0.3, -0.25) is 4.79 Å². The van der Waals surface area contributed by atoms with Crippen molar-refractivity contribution in [3.05, 3.63) is 71.3 Å². The summed E-state index contributed by atoms with van der Waals surface area (Å²) in [4.78, 5) is 23.3. The smallest absolute Gasteiger partial charge is 0.335 e. The number of carboxylic acids is 1. The average Bonchev–Trinajstić information content (AvgIpc) is 3.22. The summed E-state index contributed by atoms with van der Waals surface area (Å²) in [6.07, 6.45) is 4.70. The molecule has 1 fully saturated rings. The number of ketones is 1. The quantitative estimate of drug-likeness (QED) is 0.609. The molecule has 3 rings (SSSR count). The Kier molecular flexibility index (Phi) is 5.53. The predicted molar refractivity (Wildman–Crippen MR) is 101 cm³/mol. The summed E-state index contributed by atoms with van der Waals surface area (Å²) in [5.74, 6) is -1.27. The van der Waals surface area contributed by atoms with Gasteiger partial charge in [0.25, 0.3) is 0 Å². The van der Waals surface area contributed by atoms with Gasteiger partial charge in [0.05, 0.1) is 10.5 Å². The van der Waals surface area contributed by atoms with Crippen LogP contribution in [0.3, 0.4) is 0 Å². The third kappa shape index (κ3) is 4.32. The number of aromatic carboxylic acids is 1. The van der Waals surface area contributed by atoms with Gasteiger partial charge in [-0.15, -0.1) is 0 Å². The number of rotatable bonds is 6. The minimum atomic E-state index is -3.49. The van der Waals surface area contributed by atoms with Crippen molar-refractivity contribution in [2.45, 2.75) is 17.7 Å². The van der Waals surface area contributed by atoms with E-state index < -0.39 is 16.0 Å². The Balaban J connectivity index is 1.71. The number of hydrogen-bond donors (Lipinski definition) is 1. The highest BCUT2D eigenvalue weighted by molar-refractivity contribution is 7.89. The molecule has 27 heavy (non-hydrogen) atoms. The van der Waals surface area contributed by atoms with Crippen molar-refractivity contribution >= 4 is 27.9 Å². The molecule has 0 atom stereocenters. The van der Waals surface area contributed by atoms with E-state index in [1.165, 1.54) is 46.8 Å². The summed E-state index contributed by atoms with van der Waals surface area (Å²) >= 11 is 0. The van der Waals surface area contributed by atoms with Crippen molar-refractivity contribution in [3.8, 4) is 0 Å². The lowest BCUT2D eigenvalue weighted by molar-refractivity contribution is 0.0696. The molecule has 1 N–H and O–H groups in total. The Bertz CT molecular complexity index is 970. The van der Waals surface area contributed by atoms with E-state index in [0.717, 1.165) is 12.8 Å². The van der Waals surface area contributed by atoms with E-state index in [9.17, 15) is 18.0 Å². The number of carbonyl (C=O) groups excluding carboxylic acids is 1. The lowest BCUT2D eigenvalue weighted by atomic mass is 10.1. The highest BCUT2D eigenvalue weighted by atomic mass is 32.2. The van der Waals surface area contributed by atoms with E-state index in [-0.39, 0.29) is 16.2 Å². The molecule has 1 aliphatic rings. The van der Waals surface area contributed by atoms with Crippen LogP contribution in [0.4, 0.5) is 0 Å². The molecule has 0 aliphatic carbocycles. The highest BCUT2D eigenvalue weighted by Gasteiger charge is 2.27. The van der Waals surface area contributed by atoms with Crippen LogP contribution in [0.2, 0.25) is 0 Å². The number of hydrogen-bond acceptors (Lipinski definition) is 4. The molecule has 140 valence electrons. The van der Waals surface area contributed by atoms with Gasteiger partial charge in [0.15, 0.2) is 5.78 Å². The summed E-state index contributed by atoms with van der Waals surface area (Å²) in [5.41, 5.74) is 1.25. The van der Waals surface area contributed by atoms with Crippen LogP contribution >= 0.6 is 0 Å². The van der Waals surface area contributed by atoms with Gasteiger partial charge in [0, 0.05) is 18.7 Å². The van der Waals surface area contributed by atoms with Crippen molar-refractivity contribution in [2.75, 3.05) is 13.1 Å². The number of sulfonamides is 1. The Morgan fingerprint density at radius 1 is 0.889 bits per heavy atom. The molecule has 7 heteroatoms. The first kappa shape index (κ1) is 19.0. The third-order valence-electron chi connectivity index (χ3n) is 4.43. The van der Waals surface area contributed by atoms with Gasteiger partial charge in [0.1, 0.15) is 0 Å². The molecule has 0 bridgehead atoms. The normalized spacial score (nSPS) is 15.3. The van der Waals surface area contributed by atoms with Crippen LogP contribution in [0.1, 0.15) is 39.1 Å². The Hall–Kier alpha value is -2.77. The van der Waals surface area contributed by atoms with Crippen molar-refractivity contribution in [1.29, 1.82) is 0 Å². The van der Waals surface area contributed by atoms with Crippen molar-refractivity contribution in [1.82, 2.24) is 4.31 Å². The maximum atomic E-state index is 12.5. The molecule has 1 saturated heterocycles. The summed E-state index contributed by atoms with van der Waals surface area (Å²) in [5, 5.41) is 8.87. The zero-order chi connectivity index (χ0) is 19.4. The fourth-order valence-electron chi connectivity index (χ4n) is 2.87. The molecule has 0 amide bonds. The molecule has 6 nitrogen and oxygen atoms in total. The van der Waals surface area contributed by atoms with E-state index >= 15 is 0 Å². The maximum Gasteiger partial charge on any atom is 0.335 e. The number of allylic oxidation sites excluding steroid dienone is 1. The van der Waals surface area contributed by atoms with Gasteiger partial charge in [-0.25, -0.2) is 13.2 Å². The fourth-order valence-corrected chi connectivity index (χ4v) is 4.39. The van der Waals surface area contributed by atoms with Crippen molar-refractivity contribution < 1.29 is 23.1 Å². The van der Waals surface area contributed by atoms with Crippen LogP contribution in [-0.4, -0.2) is 42.7 Å². The second-order valence-corrected chi connectivity index (χ2v) is 8.20. The molecule has 0 unspecified atom stereocenters. The predicted octanol–water partition coefficient (Wildman–Crippen LogP) is 3.07. The fraction of sp³-hybridized carbons (Fsp3) is 0.200. The third-order valence-corrected chi connectivity index (χ3v) is 6.34. The van der Waals surface area contributed by atoms with Crippen LogP contribution in [0, 0.1) is 0 Å². The summed E-state index contributed by atoms with van der Waals surface area (Å²) in [6.45, 7) is 1.07. The van der Waals surface area contributed by atoms with Crippen LogP contribution in [0.25, 0.3) is 6.08 Å². The Morgan fingerprint density at radius 2 is 1.44 bits per heavy atom. The number of benzene rings is 2.